The summed E-state index contributed by atoms with van der Waals surface area (Å²) in [5, 5.41) is 10.1. The quantitative estimate of drug-likeness (QED) is 0.705. The summed E-state index contributed by atoms with van der Waals surface area (Å²) in [6.45, 7) is 9.80. The van der Waals surface area contributed by atoms with Gasteiger partial charge in [-0.3, -0.25) is 4.79 Å². The third kappa shape index (κ3) is 6.26. The van der Waals surface area contributed by atoms with Crippen molar-refractivity contribution in [2.24, 2.45) is 0 Å². The summed E-state index contributed by atoms with van der Waals surface area (Å²) in [4.78, 5) is 11.4. The highest BCUT2D eigenvalue weighted by Crippen LogP contribution is 2.25. The van der Waals surface area contributed by atoms with Gasteiger partial charge in [0.05, 0.1) is 10.7 Å². The first kappa shape index (κ1) is 16.8. The molecule has 1 amide bonds. The van der Waals surface area contributed by atoms with Gasteiger partial charge < -0.3 is 16.0 Å². The summed E-state index contributed by atoms with van der Waals surface area (Å²) < 4.78 is 0. The van der Waals surface area contributed by atoms with Gasteiger partial charge in [0.25, 0.3) is 0 Å². The van der Waals surface area contributed by atoms with Crippen LogP contribution in [0.4, 0.5) is 11.4 Å². The second kappa shape index (κ2) is 7.50. The standard InChI is InChI=1S/C15H24ClN3O/c1-5-14(20)19-11-6-7-12(16)13(10-11)17-8-9-18-15(2,3)4/h6-7,10,17-18H,5,8-9H2,1-4H3,(H,19,20). The van der Waals surface area contributed by atoms with Crippen molar-refractivity contribution in [2.45, 2.75) is 39.7 Å². The Morgan fingerprint density at radius 1 is 1.25 bits per heavy atom. The molecule has 0 aromatic heterocycles. The van der Waals surface area contributed by atoms with E-state index >= 15 is 0 Å². The van der Waals surface area contributed by atoms with E-state index in [0.717, 1.165) is 24.5 Å². The number of carbonyl (C=O) groups excluding carboxylic acids is 1. The Kier molecular flexibility index (Phi) is 6.30. The van der Waals surface area contributed by atoms with Crippen molar-refractivity contribution in [1.29, 1.82) is 0 Å². The molecule has 1 rings (SSSR count). The minimum absolute atomic E-state index is 0.00679. The first-order valence-electron chi connectivity index (χ1n) is 6.90. The summed E-state index contributed by atoms with van der Waals surface area (Å²) in [6, 6.07) is 5.44. The molecule has 0 atom stereocenters. The van der Waals surface area contributed by atoms with Crippen LogP contribution in [0.3, 0.4) is 0 Å². The first-order chi connectivity index (χ1) is 9.31. The minimum Gasteiger partial charge on any atom is -0.383 e. The number of carbonyl (C=O) groups is 1. The SMILES string of the molecule is CCC(=O)Nc1ccc(Cl)c(NCCNC(C)(C)C)c1. The lowest BCUT2D eigenvalue weighted by Crippen LogP contribution is -2.38. The van der Waals surface area contributed by atoms with Crippen LogP contribution < -0.4 is 16.0 Å². The molecule has 1 aromatic rings. The average molecular weight is 298 g/mol. The summed E-state index contributed by atoms with van der Waals surface area (Å²) >= 11 is 6.14. The zero-order valence-corrected chi connectivity index (χ0v) is 13.4. The lowest BCUT2D eigenvalue weighted by molar-refractivity contribution is -0.115. The Hall–Kier alpha value is -1.26. The molecule has 0 spiro atoms. The van der Waals surface area contributed by atoms with Crippen molar-refractivity contribution in [2.75, 3.05) is 23.7 Å². The monoisotopic (exact) mass is 297 g/mol. The topological polar surface area (TPSA) is 53.2 Å². The highest BCUT2D eigenvalue weighted by Gasteiger charge is 2.08. The number of benzene rings is 1. The van der Waals surface area contributed by atoms with Crippen molar-refractivity contribution in [3.05, 3.63) is 23.2 Å². The highest BCUT2D eigenvalue weighted by atomic mass is 35.5. The second-order valence-electron chi connectivity index (χ2n) is 5.70. The molecule has 3 N–H and O–H groups in total. The molecule has 0 aliphatic heterocycles. The molecular weight excluding hydrogens is 274 g/mol. The fourth-order valence-corrected chi connectivity index (χ4v) is 1.81. The van der Waals surface area contributed by atoms with Gasteiger partial charge in [-0.2, -0.15) is 0 Å². The van der Waals surface area contributed by atoms with Crippen molar-refractivity contribution < 1.29 is 4.79 Å². The lowest BCUT2D eigenvalue weighted by Gasteiger charge is -2.21. The van der Waals surface area contributed by atoms with E-state index in [4.69, 9.17) is 11.6 Å². The van der Waals surface area contributed by atoms with E-state index in [1.807, 2.05) is 13.0 Å². The van der Waals surface area contributed by atoms with Gasteiger partial charge in [-0.1, -0.05) is 18.5 Å². The Balaban J connectivity index is 2.56. The Morgan fingerprint density at radius 3 is 2.55 bits per heavy atom. The summed E-state index contributed by atoms with van der Waals surface area (Å²) in [5.74, 6) is -0.00679. The van der Waals surface area contributed by atoms with Gasteiger partial charge in [-0.25, -0.2) is 0 Å². The minimum atomic E-state index is -0.00679. The first-order valence-corrected chi connectivity index (χ1v) is 7.28. The van der Waals surface area contributed by atoms with Gasteiger partial charge >= 0.3 is 0 Å². The number of halogens is 1. The van der Waals surface area contributed by atoms with Crippen LogP contribution in [-0.4, -0.2) is 24.5 Å². The number of rotatable bonds is 6. The van der Waals surface area contributed by atoms with Gasteiger partial charge in [0, 0.05) is 30.7 Å². The van der Waals surface area contributed by atoms with E-state index < -0.39 is 0 Å². The van der Waals surface area contributed by atoms with E-state index in [1.54, 1.807) is 12.1 Å². The predicted molar refractivity (Wildman–Crippen MR) is 86.6 cm³/mol. The number of anilines is 2. The molecule has 0 radical (unpaired) electrons. The van der Waals surface area contributed by atoms with Crippen molar-refractivity contribution in [3.63, 3.8) is 0 Å². The summed E-state index contributed by atoms with van der Waals surface area (Å²) in [6.07, 6.45) is 0.459. The largest absolute Gasteiger partial charge is 0.383 e. The Labute approximate surface area is 126 Å². The molecule has 0 saturated heterocycles. The van der Waals surface area contributed by atoms with Gasteiger partial charge in [0.2, 0.25) is 5.91 Å². The lowest BCUT2D eigenvalue weighted by atomic mass is 10.1. The fourth-order valence-electron chi connectivity index (χ4n) is 1.62. The molecule has 0 aliphatic carbocycles. The number of nitrogens with one attached hydrogen (secondary N) is 3. The number of amides is 1. The van der Waals surface area contributed by atoms with E-state index in [9.17, 15) is 4.79 Å². The second-order valence-corrected chi connectivity index (χ2v) is 6.11. The summed E-state index contributed by atoms with van der Waals surface area (Å²) in [7, 11) is 0. The third-order valence-electron chi connectivity index (χ3n) is 2.67. The van der Waals surface area contributed by atoms with Gasteiger partial charge in [-0.15, -0.1) is 0 Å². The van der Waals surface area contributed by atoms with Gasteiger partial charge in [-0.05, 0) is 39.0 Å². The van der Waals surface area contributed by atoms with Crippen LogP contribution in [0.2, 0.25) is 5.02 Å². The van der Waals surface area contributed by atoms with E-state index in [-0.39, 0.29) is 11.4 Å². The molecular formula is C15H24ClN3O. The van der Waals surface area contributed by atoms with E-state index in [1.165, 1.54) is 0 Å². The molecule has 112 valence electrons. The van der Waals surface area contributed by atoms with Crippen LogP contribution in [0.15, 0.2) is 18.2 Å². The fraction of sp³-hybridized carbons (Fsp3) is 0.533. The van der Waals surface area contributed by atoms with Crippen LogP contribution in [0.1, 0.15) is 34.1 Å². The van der Waals surface area contributed by atoms with Crippen LogP contribution >= 0.6 is 11.6 Å². The maximum atomic E-state index is 11.4. The molecule has 5 heteroatoms. The number of hydrogen-bond acceptors (Lipinski definition) is 3. The Bertz CT molecular complexity index is 455. The van der Waals surface area contributed by atoms with Crippen LogP contribution in [0.25, 0.3) is 0 Å². The molecule has 0 saturated carbocycles. The van der Waals surface area contributed by atoms with Gasteiger partial charge in [0.15, 0.2) is 0 Å². The molecule has 1 aromatic carbocycles. The normalized spacial score (nSPS) is 11.2. The maximum absolute atomic E-state index is 11.4. The molecule has 0 bridgehead atoms. The predicted octanol–water partition coefficient (Wildman–Crippen LogP) is 3.49. The van der Waals surface area contributed by atoms with E-state index in [0.29, 0.717) is 11.4 Å². The molecule has 4 nitrogen and oxygen atoms in total. The van der Waals surface area contributed by atoms with Crippen molar-refractivity contribution >= 4 is 28.9 Å². The maximum Gasteiger partial charge on any atom is 0.224 e. The molecule has 0 unspecified atom stereocenters. The van der Waals surface area contributed by atoms with Crippen molar-refractivity contribution in [3.8, 4) is 0 Å². The van der Waals surface area contributed by atoms with Crippen LogP contribution in [0, 0.1) is 0 Å². The summed E-state index contributed by atoms with van der Waals surface area (Å²) in [5.41, 5.74) is 1.69. The average Bonchev–Trinajstić information content (AvgIpc) is 2.36. The smallest absolute Gasteiger partial charge is 0.224 e. The zero-order valence-electron chi connectivity index (χ0n) is 12.6. The van der Waals surface area contributed by atoms with E-state index in [2.05, 4.69) is 36.7 Å². The van der Waals surface area contributed by atoms with Crippen molar-refractivity contribution in [1.82, 2.24) is 5.32 Å². The zero-order chi connectivity index (χ0) is 15.2. The molecule has 0 aliphatic rings. The van der Waals surface area contributed by atoms with Crippen LogP contribution in [0.5, 0.6) is 0 Å². The molecule has 0 fully saturated rings. The highest BCUT2D eigenvalue weighted by molar-refractivity contribution is 6.33. The Morgan fingerprint density at radius 2 is 1.95 bits per heavy atom. The molecule has 0 heterocycles. The van der Waals surface area contributed by atoms with Crippen LogP contribution in [-0.2, 0) is 4.79 Å². The third-order valence-corrected chi connectivity index (χ3v) is 3.00. The number of hydrogen-bond donors (Lipinski definition) is 3. The van der Waals surface area contributed by atoms with Gasteiger partial charge in [0.1, 0.15) is 0 Å². The molecule has 20 heavy (non-hydrogen) atoms.